The van der Waals surface area contributed by atoms with Crippen molar-refractivity contribution in [3.8, 4) is 0 Å². The molecule has 2 fully saturated rings. The van der Waals surface area contributed by atoms with Crippen molar-refractivity contribution in [3.63, 3.8) is 0 Å². The number of ketones is 1. The third-order valence-corrected chi connectivity index (χ3v) is 7.55. The molecule has 1 aliphatic carbocycles. The van der Waals surface area contributed by atoms with Crippen molar-refractivity contribution in [1.29, 1.82) is 0 Å². The Hall–Kier alpha value is -1.75. The minimum Gasteiger partial charge on any atom is -0.317 e. The summed E-state index contributed by atoms with van der Waals surface area (Å²) in [4.78, 5) is 13.7. The number of piperidine rings is 1. The maximum absolute atomic E-state index is 13.7. The van der Waals surface area contributed by atoms with E-state index in [1.54, 1.807) is 0 Å². The van der Waals surface area contributed by atoms with Gasteiger partial charge in [0.1, 0.15) is 0 Å². The zero-order chi connectivity index (χ0) is 19.1. The molecule has 2 atom stereocenters. The molecule has 2 saturated heterocycles. The highest BCUT2D eigenvalue weighted by molar-refractivity contribution is 9.10. The normalized spacial score (nSPS) is 25.2. The van der Waals surface area contributed by atoms with Crippen LogP contribution in [-0.2, 0) is 5.41 Å². The lowest BCUT2D eigenvalue weighted by atomic mass is 9.74. The third-order valence-electron chi connectivity index (χ3n) is 6.83. The summed E-state index contributed by atoms with van der Waals surface area (Å²) in [7, 11) is 0. The van der Waals surface area contributed by atoms with Gasteiger partial charge in [-0.15, -0.1) is 0 Å². The number of hydrogen-bond donors (Lipinski definition) is 2. The van der Waals surface area contributed by atoms with Gasteiger partial charge in [-0.2, -0.15) is 0 Å². The van der Waals surface area contributed by atoms with Crippen LogP contribution in [0, 0.1) is 5.92 Å². The number of fused-ring (bicyclic) bond motifs is 2. The molecule has 144 valence electrons. The van der Waals surface area contributed by atoms with Gasteiger partial charge in [-0.1, -0.05) is 64.5 Å². The molecule has 0 radical (unpaired) electrons. The molecule has 2 aromatic carbocycles. The first-order valence-corrected chi connectivity index (χ1v) is 11.0. The van der Waals surface area contributed by atoms with E-state index in [1.165, 1.54) is 11.1 Å². The van der Waals surface area contributed by atoms with Gasteiger partial charge in [-0.05, 0) is 48.7 Å². The zero-order valence-corrected chi connectivity index (χ0v) is 17.5. The second-order valence-corrected chi connectivity index (χ2v) is 9.12. The first-order chi connectivity index (χ1) is 13.7. The van der Waals surface area contributed by atoms with E-state index in [0.717, 1.165) is 54.6 Å². The van der Waals surface area contributed by atoms with Crippen LogP contribution in [0.25, 0.3) is 6.08 Å². The lowest BCUT2D eigenvalue weighted by molar-refractivity contribution is 0.0920. The molecule has 1 spiro atoms. The molecule has 0 unspecified atom stereocenters. The zero-order valence-electron chi connectivity index (χ0n) is 15.9. The van der Waals surface area contributed by atoms with Crippen molar-refractivity contribution in [2.75, 3.05) is 26.2 Å². The van der Waals surface area contributed by atoms with Crippen molar-refractivity contribution in [3.05, 3.63) is 75.3 Å². The van der Waals surface area contributed by atoms with Crippen molar-refractivity contribution in [1.82, 2.24) is 10.6 Å². The molecule has 2 heterocycles. The highest BCUT2D eigenvalue weighted by atomic mass is 79.9. The molecule has 0 saturated carbocycles. The molecule has 4 heteroatoms. The number of rotatable bonds is 3. The predicted octanol–water partition coefficient (Wildman–Crippen LogP) is 4.28. The molecule has 3 aliphatic rings. The van der Waals surface area contributed by atoms with Crippen LogP contribution in [0.15, 0.2) is 53.0 Å². The van der Waals surface area contributed by atoms with E-state index in [-0.39, 0.29) is 23.0 Å². The number of Topliss-reactive ketones (excluding diaryl/α,β-unsaturated/α-hetero) is 1. The minimum absolute atomic E-state index is 0.0248. The summed E-state index contributed by atoms with van der Waals surface area (Å²) in [6.45, 7) is 3.67. The van der Waals surface area contributed by atoms with Crippen molar-refractivity contribution in [2.24, 2.45) is 5.92 Å². The second kappa shape index (κ2) is 7.25. The average molecular weight is 437 g/mol. The van der Waals surface area contributed by atoms with Gasteiger partial charge in [0.15, 0.2) is 5.78 Å². The maximum atomic E-state index is 13.7. The second-order valence-electron chi connectivity index (χ2n) is 8.26. The summed E-state index contributed by atoms with van der Waals surface area (Å²) in [6, 6.07) is 14.6. The van der Waals surface area contributed by atoms with E-state index < -0.39 is 0 Å². The van der Waals surface area contributed by atoms with Crippen LogP contribution in [0.1, 0.15) is 45.8 Å². The van der Waals surface area contributed by atoms with Crippen molar-refractivity contribution >= 4 is 27.8 Å². The van der Waals surface area contributed by atoms with Gasteiger partial charge in [0.05, 0.1) is 0 Å². The fraction of sp³-hybridized carbons (Fsp3) is 0.375. The Balaban J connectivity index is 1.50. The minimum atomic E-state index is -0.0248. The lowest BCUT2D eigenvalue weighted by Gasteiger charge is -2.34. The molecular weight excluding hydrogens is 412 g/mol. The van der Waals surface area contributed by atoms with E-state index in [0.29, 0.717) is 0 Å². The quantitative estimate of drug-likeness (QED) is 0.705. The smallest absolute Gasteiger partial charge is 0.168 e. The molecular formula is C24H25BrN2O. The first-order valence-electron chi connectivity index (χ1n) is 10.2. The van der Waals surface area contributed by atoms with Gasteiger partial charge >= 0.3 is 0 Å². The number of hydrogen-bond acceptors (Lipinski definition) is 3. The van der Waals surface area contributed by atoms with E-state index >= 15 is 0 Å². The van der Waals surface area contributed by atoms with Crippen LogP contribution in [0.4, 0.5) is 0 Å². The van der Waals surface area contributed by atoms with Crippen LogP contribution in [0.3, 0.4) is 0 Å². The summed E-state index contributed by atoms with van der Waals surface area (Å²) in [5.74, 6) is 0.457. The SMILES string of the molecule is O=C(c1cccc2c1C=CC21CCNCC1)[C@@H]1CNC[C@H]1c1ccccc1Br. The number of halogens is 1. The fourth-order valence-electron chi connectivity index (χ4n) is 5.29. The van der Waals surface area contributed by atoms with Crippen LogP contribution in [0.5, 0.6) is 0 Å². The third kappa shape index (κ3) is 2.90. The molecule has 0 bridgehead atoms. The Kier molecular flexibility index (Phi) is 4.74. The Morgan fingerprint density at radius 1 is 1.00 bits per heavy atom. The van der Waals surface area contributed by atoms with E-state index in [2.05, 4.69) is 69.0 Å². The van der Waals surface area contributed by atoms with E-state index in [9.17, 15) is 4.79 Å². The van der Waals surface area contributed by atoms with Gasteiger partial charge in [0.2, 0.25) is 0 Å². The Morgan fingerprint density at radius 2 is 1.82 bits per heavy atom. The van der Waals surface area contributed by atoms with Gasteiger partial charge < -0.3 is 10.6 Å². The molecule has 5 rings (SSSR count). The number of benzene rings is 2. The molecule has 0 aromatic heterocycles. The summed E-state index contributed by atoms with van der Waals surface area (Å²) >= 11 is 3.68. The fourth-order valence-corrected chi connectivity index (χ4v) is 5.87. The Labute approximate surface area is 174 Å². The number of nitrogens with one attached hydrogen (secondary N) is 2. The van der Waals surface area contributed by atoms with Crippen molar-refractivity contribution in [2.45, 2.75) is 24.2 Å². The predicted molar refractivity (Wildman–Crippen MR) is 117 cm³/mol. The van der Waals surface area contributed by atoms with Gasteiger partial charge in [-0.3, -0.25) is 4.79 Å². The summed E-state index contributed by atoms with van der Waals surface area (Å²) in [5, 5.41) is 6.92. The highest BCUT2D eigenvalue weighted by Crippen LogP contribution is 2.44. The summed E-state index contributed by atoms with van der Waals surface area (Å²) in [5.41, 5.74) is 4.75. The maximum Gasteiger partial charge on any atom is 0.168 e. The first kappa shape index (κ1) is 18.3. The van der Waals surface area contributed by atoms with E-state index in [1.807, 2.05) is 12.1 Å². The largest absolute Gasteiger partial charge is 0.317 e. The van der Waals surface area contributed by atoms with Crippen LogP contribution in [-0.4, -0.2) is 32.0 Å². The van der Waals surface area contributed by atoms with E-state index in [4.69, 9.17) is 0 Å². The molecule has 2 aliphatic heterocycles. The van der Waals surface area contributed by atoms with Crippen LogP contribution >= 0.6 is 15.9 Å². The topological polar surface area (TPSA) is 41.1 Å². The summed E-state index contributed by atoms with van der Waals surface area (Å²) < 4.78 is 1.09. The Bertz CT molecular complexity index is 945. The number of carbonyl (C=O) groups is 1. The highest BCUT2D eigenvalue weighted by Gasteiger charge is 2.40. The number of carbonyl (C=O) groups excluding carboxylic acids is 1. The standard InChI is InChI=1S/C24H25BrN2O/c25-22-7-2-1-4-17(22)19-14-27-15-20(19)23(28)18-5-3-6-21-16(18)8-9-24(21)10-12-26-13-11-24/h1-9,19-20,26-27H,10-15H2/t19-,20+/m0/s1. The van der Waals surface area contributed by atoms with Gasteiger partial charge in [0.25, 0.3) is 0 Å². The average Bonchev–Trinajstić information content (AvgIpc) is 3.34. The molecule has 28 heavy (non-hydrogen) atoms. The van der Waals surface area contributed by atoms with Gasteiger partial charge in [0, 0.05) is 40.4 Å². The molecule has 0 amide bonds. The monoisotopic (exact) mass is 436 g/mol. The van der Waals surface area contributed by atoms with Crippen LogP contribution in [0.2, 0.25) is 0 Å². The number of allylic oxidation sites excluding steroid dienone is 1. The Morgan fingerprint density at radius 3 is 2.64 bits per heavy atom. The molecule has 2 N–H and O–H groups in total. The molecule has 2 aromatic rings. The van der Waals surface area contributed by atoms with Crippen molar-refractivity contribution < 1.29 is 4.79 Å². The molecule has 3 nitrogen and oxygen atoms in total. The van der Waals surface area contributed by atoms with Crippen LogP contribution < -0.4 is 10.6 Å². The lowest BCUT2D eigenvalue weighted by Crippen LogP contribution is -2.37. The van der Waals surface area contributed by atoms with Gasteiger partial charge in [-0.25, -0.2) is 0 Å². The summed E-state index contributed by atoms with van der Waals surface area (Å²) in [6.07, 6.45) is 6.79.